The van der Waals surface area contributed by atoms with E-state index in [2.05, 4.69) is 19.7 Å². The second kappa shape index (κ2) is 4.37. The molecule has 0 aliphatic rings. The molecule has 0 bridgehead atoms. The lowest BCUT2D eigenvalue weighted by atomic mass is 10.7. The Labute approximate surface area is 89.3 Å². The highest BCUT2D eigenvalue weighted by atomic mass is 19.4. The lowest BCUT2D eigenvalue weighted by molar-refractivity contribution is -0.154. The first-order chi connectivity index (χ1) is 7.28. The van der Waals surface area contributed by atoms with Gasteiger partial charge in [0.15, 0.2) is 6.61 Å². The molecule has 0 spiro atoms. The normalized spacial score (nSPS) is 11.3. The van der Waals surface area contributed by atoms with Gasteiger partial charge in [0.1, 0.15) is 0 Å². The van der Waals surface area contributed by atoms with E-state index >= 15 is 0 Å². The predicted octanol–water partition coefficient (Wildman–Crippen LogP) is 0.461. The number of nitrogen functional groups attached to an aromatic ring is 1. The van der Waals surface area contributed by atoms with Gasteiger partial charge in [0.05, 0.1) is 0 Å². The van der Waals surface area contributed by atoms with Gasteiger partial charge in [-0.05, 0) is 0 Å². The minimum absolute atomic E-state index is 0.129. The highest BCUT2D eigenvalue weighted by Gasteiger charge is 2.29. The lowest BCUT2D eigenvalue weighted by Gasteiger charge is -2.12. The zero-order valence-corrected chi connectivity index (χ0v) is 8.62. The van der Waals surface area contributed by atoms with Gasteiger partial charge in [-0.25, -0.2) is 0 Å². The summed E-state index contributed by atoms with van der Waals surface area (Å²) in [5.41, 5.74) is 5.29. The van der Waals surface area contributed by atoms with Crippen LogP contribution in [0.2, 0.25) is 0 Å². The number of ether oxygens (including phenoxy) is 1. The predicted molar refractivity (Wildman–Crippen MR) is 50.1 cm³/mol. The summed E-state index contributed by atoms with van der Waals surface area (Å²) in [6, 6.07) is -0.450. The number of rotatable bonds is 3. The molecule has 1 heterocycles. The largest absolute Gasteiger partial charge is 0.454 e. The van der Waals surface area contributed by atoms with Crippen LogP contribution >= 0.6 is 0 Å². The van der Waals surface area contributed by atoms with Crippen LogP contribution in [0, 0.1) is 0 Å². The Bertz CT molecular complexity index is 368. The topological polar surface area (TPSA) is 77.2 Å². The molecule has 9 heteroatoms. The number of alkyl halides is 3. The fourth-order valence-electron chi connectivity index (χ4n) is 0.772. The van der Waals surface area contributed by atoms with E-state index in [0.717, 1.165) is 0 Å². The van der Waals surface area contributed by atoms with E-state index in [9.17, 15) is 13.2 Å². The molecule has 0 saturated heterocycles. The fraction of sp³-hybridized carbons (Fsp3) is 0.571. The second-order valence-electron chi connectivity index (χ2n) is 3.07. The van der Waals surface area contributed by atoms with Gasteiger partial charge in [0.2, 0.25) is 11.9 Å². The maximum absolute atomic E-state index is 11.9. The van der Waals surface area contributed by atoms with Crippen molar-refractivity contribution in [3.63, 3.8) is 0 Å². The van der Waals surface area contributed by atoms with Crippen molar-refractivity contribution in [2.45, 2.75) is 6.18 Å². The molecule has 2 N–H and O–H groups in total. The highest BCUT2D eigenvalue weighted by molar-refractivity contribution is 5.33. The molecule has 0 atom stereocenters. The molecule has 16 heavy (non-hydrogen) atoms. The van der Waals surface area contributed by atoms with Gasteiger partial charge in [0.25, 0.3) is 0 Å². The van der Waals surface area contributed by atoms with Crippen molar-refractivity contribution in [2.75, 3.05) is 31.3 Å². The number of aromatic nitrogens is 3. The van der Waals surface area contributed by atoms with Crippen LogP contribution in [0.4, 0.5) is 25.1 Å². The number of halogens is 3. The summed E-state index contributed by atoms with van der Waals surface area (Å²) in [6.45, 7) is -1.47. The molecule has 90 valence electrons. The zero-order valence-electron chi connectivity index (χ0n) is 8.62. The van der Waals surface area contributed by atoms with Crippen molar-refractivity contribution < 1.29 is 17.9 Å². The molecule has 0 aliphatic carbocycles. The molecule has 0 saturated carbocycles. The van der Waals surface area contributed by atoms with Crippen LogP contribution < -0.4 is 15.4 Å². The summed E-state index contributed by atoms with van der Waals surface area (Å²) in [7, 11) is 3.23. The van der Waals surface area contributed by atoms with E-state index in [1.807, 2.05) is 0 Å². The summed E-state index contributed by atoms with van der Waals surface area (Å²) < 4.78 is 39.9. The smallest absolute Gasteiger partial charge is 0.422 e. The van der Waals surface area contributed by atoms with E-state index in [1.165, 1.54) is 4.90 Å². The first-order valence-corrected chi connectivity index (χ1v) is 4.16. The van der Waals surface area contributed by atoms with Crippen LogP contribution in [-0.2, 0) is 0 Å². The third-order valence-corrected chi connectivity index (χ3v) is 1.39. The van der Waals surface area contributed by atoms with Crippen molar-refractivity contribution >= 4 is 11.9 Å². The van der Waals surface area contributed by atoms with Gasteiger partial charge in [-0.3, -0.25) is 0 Å². The van der Waals surface area contributed by atoms with Gasteiger partial charge in [0, 0.05) is 14.1 Å². The first-order valence-electron chi connectivity index (χ1n) is 4.16. The summed E-state index contributed by atoms with van der Waals surface area (Å²) in [4.78, 5) is 12.2. The SMILES string of the molecule is CN(C)c1nc(N)nc(OCC(F)(F)F)n1. The first kappa shape index (κ1) is 12.3. The summed E-state index contributed by atoms with van der Waals surface area (Å²) in [5.74, 6) is -0.0689. The van der Waals surface area contributed by atoms with Crippen molar-refractivity contribution in [1.29, 1.82) is 0 Å². The molecule has 1 aromatic rings. The lowest BCUT2D eigenvalue weighted by Crippen LogP contribution is -2.21. The monoisotopic (exact) mass is 237 g/mol. The fourth-order valence-corrected chi connectivity index (χ4v) is 0.772. The molecule has 0 fully saturated rings. The average molecular weight is 237 g/mol. The van der Waals surface area contributed by atoms with Crippen LogP contribution in [0.3, 0.4) is 0 Å². The van der Waals surface area contributed by atoms with Crippen LogP contribution in [0.15, 0.2) is 0 Å². The summed E-state index contributed by atoms with van der Waals surface area (Å²) in [5, 5.41) is 0. The maximum atomic E-state index is 11.9. The standard InChI is InChI=1S/C7H10F3N5O/c1-15(2)5-12-4(11)13-6(14-5)16-3-7(8,9)10/h3H2,1-2H3,(H2,11,12,13,14). The Hall–Kier alpha value is -1.80. The van der Waals surface area contributed by atoms with E-state index in [0.29, 0.717) is 0 Å². The van der Waals surface area contributed by atoms with Crippen molar-refractivity contribution in [3.8, 4) is 6.01 Å². The molecule has 0 aliphatic heterocycles. The molecule has 0 amide bonds. The Morgan fingerprint density at radius 3 is 2.38 bits per heavy atom. The van der Waals surface area contributed by atoms with Gasteiger partial charge in [-0.1, -0.05) is 0 Å². The van der Waals surface area contributed by atoms with E-state index in [4.69, 9.17) is 5.73 Å². The molecule has 0 aromatic carbocycles. The number of hydrogen-bond acceptors (Lipinski definition) is 6. The molecular formula is C7H10F3N5O. The van der Waals surface area contributed by atoms with Crippen molar-refractivity contribution in [2.24, 2.45) is 0 Å². The molecular weight excluding hydrogens is 227 g/mol. The van der Waals surface area contributed by atoms with Gasteiger partial charge in [-0.2, -0.15) is 28.1 Å². The number of hydrogen-bond donors (Lipinski definition) is 1. The Morgan fingerprint density at radius 2 is 1.88 bits per heavy atom. The summed E-state index contributed by atoms with van der Waals surface area (Å²) in [6.07, 6.45) is -4.44. The molecule has 1 aromatic heterocycles. The maximum Gasteiger partial charge on any atom is 0.422 e. The highest BCUT2D eigenvalue weighted by Crippen LogP contribution is 2.17. The number of nitrogens with zero attached hydrogens (tertiary/aromatic N) is 4. The van der Waals surface area contributed by atoms with Crippen LogP contribution in [0.5, 0.6) is 6.01 Å². The molecule has 0 radical (unpaired) electrons. The Kier molecular flexibility index (Phi) is 3.35. The van der Waals surface area contributed by atoms with Gasteiger partial charge in [-0.15, -0.1) is 0 Å². The van der Waals surface area contributed by atoms with Gasteiger partial charge < -0.3 is 15.4 Å². The zero-order chi connectivity index (χ0) is 12.3. The van der Waals surface area contributed by atoms with E-state index < -0.39 is 18.8 Å². The number of anilines is 2. The minimum atomic E-state index is -4.44. The molecule has 6 nitrogen and oxygen atoms in total. The third-order valence-electron chi connectivity index (χ3n) is 1.39. The van der Waals surface area contributed by atoms with Crippen LogP contribution in [0.25, 0.3) is 0 Å². The van der Waals surface area contributed by atoms with Crippen molar-refractivity contribution in [3.05, 3.63) is 0 Å². The Morgan fingerprint density at radius 1 is 1.25 bits per heavy atom. The quantitative estimate of drug-likeness (QED) is 0.823. The van der Waals surface area contributed by atoms with Crippen LogP contribution in [0.1, 0.15) is 0 Å². The van der Waals surface area contributed by atoms with Crippen LogP contribution in [-0.4, -0.2) is 41.8 Å². The van der Waals surface area contributed by atoms with E-state index in [-0.39, 0.29) is 11.9 Å². The van der Waals surface area contributed by atoms with E-state index in [1.54, 1.807) is 14.1 Å². The Balaban J connectivity index is 2.81. The molecule has 0 unspecified atom stereocenters. The molecule has 1 rings (SSSR count). The third kappa shape index (κ3) is 3.75. The van der Waals surface area contributed by atoms with Gasteiger partial charge >= 0.3 is 12.2 Å². The second-order valence-corrected chi connectivity index (χ2v) is 3.07. The summed E-state index contributed by atoms with van der Waals surface area (Å²) >= 11 is 0. The van der Waals surface area contributed by atoms with Crippen molar-refractivity contribution in [1.82, 2.24) is 15.0 Å². The minimum Gasteiger partial charge on any atom is -0.454 e. The number of nitrogens with two attached hydrogens (primary N) is 1. The average Bonchev–Trinajstić information content (AvgIpc) is 2.13.